The lowest BCUT2D eigenvalue weighted by Gasteiger charge is -2.39. The molecule has 9 heteroatoms. The Morgan fingerprint density at radius 2 is 1.91 bits per heavy atom. The second kappa shape index (κ2) is 5.72. The standard InChI is InChI=1S/C14H10F3N5O/c15-14(16,17)12-5-9(1-2-20-12)23-10-7-22(8-10)13-11(6-18)19-3-4-21-13/h1-5,10H,7-8H2. The summed E-state index contributed by atoms with van der Waals surface area (Å²) in [5, 5.41) is 8.97. The SMILES string of the molecule is N#Cc1nccnc1N1CC(Oc2ccnc(C(F)(F)F)c2)C1. The average Bonchev–Trinajstić information content (AvgIpc) is 2.50. The maximum Gasteiger partial charge on any atom is 0.433 e. The van der Waals surface area contributed by atoms with E-state index in [1.165, 1.54) is 18.5 Å². The summed E-state index contributed by atoms with van der Waals surface area (Å²) in [6.07, 6.45) is -0.835. The van der Waals surface area contributed by atoms with Crippen LogP contribution in [0.1, 0.15) is 11.4 Å². The largest absolute Gasteiger partial charge is 0.487 e. The molecule has 3 rings (SSSR count). The minimum absolute atomic E-state index is 0.108. The van der Waals surface area contributed by atoms with E-state index in [2.05, 4.69) is 15.0 Å². The van der Waals surface area contributed by atoms with Crippen molar-refractivity contribution in [2.75, 3.05) is 18.0 Å². The average molecular weight is 321 g/mol. The smallest absolute Gasteiger partial charge is 0.433 e. The predicted molar refractivity (Wildman–Crippen MR) is 72.6 cm³/mol. The van der Waals surface area contributed by atoms with Gasteiger partial charge in [0.25, 0.3) is 0 Å². The van der Waals surface area contributed by atoms with Crippen LogP contribution in [0.15, 0.2) is 30.7 Å². The van der Waals surface area contributed by atoms with Gasteiger partial charge in [0, 0.05) is 24.7 Å². The van der Waals surface area contributed by atoms with Crippen LogP contribution < -0.4 is 9.64 Å². The zero-order valence-corrected chi connectivity index (χ0v) is 11.7. The highest BCUT2D eigenvalue weighted by Gasteiger charge is 2.34. The molecule has 23 heavy (non-hydrogen) atoms. The van der Waals surface area contributed by atoms with Gasteiger partial charge >= 0.3 is 6.18 Å². The molecule has 0 radical (unpaired) electrons. The number of rotatable bonds is 3. The van der Waals surface area contributed by atoms with Gasteiger partial charge in [0.05, 0.1) is 13.1 Å². The summed E-state index contributed by atoms with van der Waals surface area (Å²) in [5.74, 6) is 0.553. The van der Waals surface area contributed by atoms with Gasteiger partial charge in [-0.3, -0.25) is 4.98 Å². The van der Waals surface area contributed by atoms with E-state index in [1.807, 2.05) is 6.07 Å². The Morgan fingerprint density at radius 1 is 1.17 bits per heavy atom. The lowest BCUT2D eigenvalue weighted by Crippen LogP contribution is -2.54. The Hall–Kier alpha value is -2.89. The molecular weight excluding hydrogens is 311 g/mol. The Labute approximate surface area is 129 Å². The van der Waals surface area contributed by atoms with Gasteiger partial charge in [-0.1, -0.05) is 0 Å². The third-order valence-corrected chi connectivity index (χ3v) is 3.26. The molecule has 0 unspecified atom stereocenters. The van der Waals surface area contributed by atoms with Crippen molar-refractivity contribution in [3.8, 4) is 11.8 Å². The summed E-state index contributed by atoms with van der Waals surface area (Å²) in [4.78, 5) is 13.1. The first-order chi connectivity index (χ1) is 11.0. The van der Waals surface area contributed by atoms with Gasteiger partial charge in [-0.15, -0.1) is 0 Å². The van der Waals surface area contributed by atoms with E-state index >= 15 is 0 Å². The van der Waals surface area contributed by atoms with Gasteiger partial charge in [0.1, 0.15) is 23.6 Å². The van der Waals surface area contributed by atoms with Crippen molar-refractivity contribution in [2.45, 2.75) is 12.3 Å². The van der Waals surface area contributed by atoms with Gasteiger partial charge in [-0.25, -0.2) is 9.97 Å². The van der Waals surface area contributed by atoms with Crippen molar-refractivity contribution in [1.29, 1.82) is 5.26 Å². The molecule has 6 nitrogen and oxygen atoms in total. The van der Waals surface area contributed by atoms with Crippen molar-refractivity contribution >= 4 is 5.82 Å². The number of halogens is 3. The molecular formula is C14H10F3N5O. The number of ether oxygens (including phenoxy) is 1. The van der Waals surface area contributed by atoms with E-state index in [1.54, 1.807) is 4.90 Å². The minimum atomic E-state index is -4.51. The first kappa shape index (κ1) is 15.0. The molecule has 1 aliphatic rings. The van der Waals surface area contributed by atoms with Crippen LogP contribution in [0.25, 0.3) is 0 Å². The van der Waals surface area contributed by atoms with Gasteiger partial charge in [0.15, 0.2) is 11.5 Å². The van der Waals surface area contributed by atoms with Crippen molar-refractivity contribution in [3.05, 3.63) is 42.1 Å². The van der Waals surface area contributed by atoms with Gasteiger partial charge in [0.2, 0.25) is 0 Å². The molecule has 0 spiro atoms. The summed E-state index contributed by atoms with van der Waals surface area (Å²) in [6, 6.07) is 4.19. The molecule has 0 N–H and O–H groups in total. The highest BCUT2D eigenvalue weighted by atomic mass is 19.4. The van der Waals surface area contributed by atoms with Crippen LogP contribution in [0.3, 0.4) is 0 Å². The van der Waals surface area contributed by atoms with E-state index in [0.717, 1.165) is 12.3 Å². The van der Waals surface area contributed by atoms with Crippen molar-refractivity contribution in [2.24, 2.45) is 0 Å². The van der Waals surface area contributed by atoms with Crippen molar-refractivity contribution < 1.29 is 17.9 Å². The van der Waals surface area contributed by atoms with E-state index < -0.39 is 11.9 Å². The summed E-state index contributed by atoms with van der Waals surface area (Å²) in [7, 11) is 0. The zero-order chi connectivity index (χ0) is 16.4. The molecule has 1 fully saturated rings. The minimum Gasteiger partial charge on any atom is -0.487 e. The maximum atomic E-state index is 12.6. The monoisotopic (exact) mass is 321 g/mol. The molecule has 1 saturated heterocycles. The molecule has 0 bridgehead atoms. The van der Waals surface area contributed by atoms with E-state index in [-0.39, 0.29) is 17.5 Å². The molecule has 2 aromatic heterocycles. The van der Waals surface area contributed by atoms with E-state index in [4.69, 9.17) is 10.00 Å². The van der Waals surface area contributed by atoms with Crippen LogP contribution in [0, 0.1) is 11.3 Å². The summed E-state index contributed by atoms with van der Waals surface area (Å²) >= 11 is 0. The first-order valence-electron chi connectivity index (χ1n) is 6.63. The number of aromatic nitrogens is 3. The lowest BCUT2D eigenvalue weighted by molar-refractivity contribution is -0.141. The summed E-state index contributed by atoms with van der Waals surface area (Å²) in [5.41, 5.74) is -0.791. The van der Waals surface area contributed by atoms with Crippen LogP contribution >= 0.6 is 0 Å². The zero-order valence-electron chi connectivity index (χ0n) is 11.7. The van der Waals surface area contributed by atoms with Crippen molar-refractivity contribution in [1.82, 2.24) is 15.0 Å². The number of alkyl halides is 3. The van der Waals surface area contributed by atoms with Crippen LogP contribution in [0.2, 0.25) is 0 Å². The lowest BCUT2D eigenvalue weighted by atomic mass is 10.1. The fourth-order valence-corrected chi connectivity index (χ4v) is 2.16. The topological polar surface area (TPSA) is 74.9 Å². The molecule has 0 aromatic carbocycles. The Morgan fingerprint density at radius 3 is 2.61 bits per heavy atom. The van der Waals surface area contributed by atoms with Crippen LogP contribution in [0.4, 0.5) is 19.0 Å². The predicted octanol–water partition coefficient (Wildman–Crippen LogP) is 2.03. The molecule has 1 aliphatic heterocycles. The van der Waals surface area contributed by atoms with Crippen LogP contribution in [-0.2, 0) is 6.18 Å². The quantitative estimate of drug-likeness (QED) is 0.861. The number of hydrogen-bond acceptors (Lipinski definition) is 6. The molecule has 2 aromatic rings. The second-order valence-electron chi connectivity index (χ2n) is 4.86. The van der Waals surface area contributed by atoms with Gasteiger partial charge < -0.3 is 9.64 Å². The van der Waals surface area contributed by atoms with Crippen molar-refractivity contribution in [3.63, 3.8) is 0 Å². The third-order valence-electron chi connectivity index (χ3n) is 3.26. The van der Waals surface area contributed by atoms with E-state index in [0.29, 0.717) is 18.9 Å². The summed E-state index contributed by atoms with van der Waals surface area (Å²) < 4.78 is 43.3. The van der Waals surface area contributed by atoms with E-state index in [9.17, 15) is 13.2 Å². The summed E-state index contributed by atoms with van der Waals surface area (Å²) in [6.45, 7) is 0.827. The second-order valence-corrected chi connectivity index (χ2v) is 4.86. The molecule has 0 atom stereocenters. The molecule has 3 heterocycles. The molecule has 0 amide bonds. The fraction of sp³-hybridized carbons (Fsp3) is 0.286. The number of hydrogen-bond donors (Lipinski definition) is 0. The number of nitriles is 1. The Kier molecular flexibility index (Phi) is 3.73. The number of pyridine rings is 1. The Balaban J connectivity index is 1.64. The maximum absolute atomic E-state index is 12.6. The third kappa shape index (κ3) is 3.15. The highest BCUT2D eigenvalue weighted by molar-refractivity contribution is 5.51. The Bertz CT molecular complexity index is 753. The van der Waals surface area contributed by atoms with Crippen LogP contribution in [-0.4, -0.2) is 34.1 Å². The molecule has 0 saturated carbocycles. The van der Waals surface area contributed by atoms with Gasteiger partial charge in [-0.05, 0) is 6.07 Å². The highest BCUT2D eigenvalue weighted by Crippen LogP contribution is 2.30. The normalized spacial score (nSPS) is 15.0. The van der Waals surface area contributed by atoms with Gasteiger partial charge in [-0.2, -0.15) is 18.4 Å². The first-order valence-corrected chi connectivity index (χ1v) is 6.63. The molecule has 118 valence electrons. The fourth-order valence-electron chi connectivity index (χ4n) is 2.16. The van der Waals surface area contributed by atoms with Crippen LogP contribution in [0.5, 0.6) is 5.75 Å². The number of nitrogens with zero attached hydrogens (tertiary/aromatic N) is 5. The molecule has 0 aliphatic carbocycles. The number of anilines is 1.